The molecule has 178 valence electrons. The smallest absolute Gasteiger partial charge is 0.234 e. The Balaban J connectivity index is 1.43. The number of rotatable bonds is 8. The van der Waals surface area contributed by atoms with E-state index in [9.17, 15) is 9.90 Å². The molecule has 8 nitrogen and oxygen atoms in total. The summed E-state index contributed by atoms with van der Waals surface area (Å²) < 4.78 is 8.00. The van der Waals surface area contributed by atoms with Crippen molar-refractivity contribution in [3.63, 3.8) is 0 Å². The van der Waals surface area contributed by atoms with Crippen LogP contribution in [0.4, 0.5) is 11.4 Å². The number of hydrogen-bond acceptors (Lipinski definition) is 7. The molecule has 0 spiro atoms. The minimum absolute atomic E-state index is 0.0904. The number of morpholine rings is 1. The van der Waals surface area contributed by atoms with Crippen molar-refractivity contribution in [1.82, 2.24) is 14.8 Å². The van der Waals surface area contributed by atoms with Crippen LogP contribution in [0, 0.1) is 0 Å². The Hall–Kier alpha value is -2.53. The first-order valence-electron chi connectivity index (χ1n) is 10.5. The fourth-order valence-corrected chi connectivity index (χ4v) is 4.96. The molecule has 0 bridgehead atoms. The molecule has 3 aromatic rings. The van der Waals surface area contributed by atoms with Crippen molar-refractivity contribution in [2.24, 2.45) is 0 Å². The molecule has 1 fully saturated rings. The number of nitrogens with one attached hydrogen (secondary N) is 1. The summed E-state index contributed by atoms with van der Waals surface area (Å²) in [5, 5.41) is 22.7. The fraction of sp³-hybridized carbons (Fsp3) is 0.261. The van der Waals surface area contributed by atoms with Gasteiger partial charge in [-0.3, -0.25) is 9.36 Å². The van der Waals surface area contributed by atoms with Gasteiger partial charge in [-0.25, -0.2) is 0 Å². The Kier molecular flexibility index (Phi) is 8.15. The van der Waals surface area contributed by atoms with E-state index in [0.29, 0.717) is 47.0 Å². The van der Waals surface area contributed by atoms with Crippen LogP contribution in [0.25, 0.3) is 11.4 Å². The summed E-state index contributed by atoms with van der Waals surface area (Å²) in [4.78, 5) is 14.8. The molecule has 0 saturated carbocycles. The topological polar surface area (TPSA) is 92.5 Å². The van der Waals surface area contributed by atoms with Crippen molar-refractivity contribution in [3.05, 3.63) is 58.5 Å². The molecular weight excluding hydrogens is 542 g/mol. The van der Waals surface area contributed by atoms with Gasteiger partial charge in [0.1, 0.15) is 5.75 Å². The van der Waals surface area contributed by atoms with Crippen molar-refractivity contribution < 1.29 is 14.6 Å². The molecule has 34 heavy (non-hydrogen) atoms. The monoisotopic (exact) mass is 563 g/mol. The van der Waals surface area contributed by atoms with Gasteiger partial charge in [0.25, 0.3) is 0 Å². The predicted octanol–water partition coefficient (Wildman–Crippen LogP) is 4.82. The summed E-state index contributed by atoms with van der Waals surface area (Å²) in [6.45, 7) is 7.13. The average molecular weight is 565 g/mol. The third-order valence-corrected chi connectivity index (χ3v) is 6.91. The SMILES string of the molecule is C=CCn1c(SCC(=O)Nc2ccc(N3CCOCC3)c(Cl)c2)nnc1-c1cc(Br)ccc1O. The number of benzene rings is 2. The lowest BCUT2D eigenvalue weighted by molar-refractivity contribution is -0.113. The highest BCUT2D eigenvalue weighted by Crippen LogP contribution is 2.33. The van der Waals surface area contributed by atoms with Gasteiger partial charge in [-0.1, -0.05) is 45.4 Å². The second-order valence-electron chi connectivity index (χ2n) is 7.47. The van der Waals surface area contributed by atoms with E-state index >= 15 is 0 Å². The Labute approximate surface area is 215 Å². The van der Waals surface area contributed by atoms with Gasteiger partial charge in [-0.2, -0.15) is 0 Å². The third kappa shape index (κ3) is 5.75. The molecule has 4 rings (SSSR count). The number of carbonyl (C=O) groups excluding carboxylic acids is 1. The second kappa shape index (κ2) is 11.3. The zero-order valence-electron chi connectivity index (χ0n) is 18.2. The highest BCUT2D eigenvalue weighted by molar-refractivity contribution is 9.10. The van der Waals surface area contributed by atoms with Crippen molar-refractivity contribution in [2.45, 2.75) is 11.7 Å². The van der Waals surface area contributed by atoms with Crippen LogP contribution in [-0.2, 0) is 16.1 Å². The number of ether oxygens (including phenoxy) is 1. The number of hydrogen-bond donors (Lipinski definition) is 2. The number of nitrogens with zero attached hydrogens (tertiary/aromatic N) is 4. The van der Waals surface area contributed by atoms with Crippen molar-refractivity contribution >= 4 is 56.6 Å². The molecule has 0 atom stereocenters. The number of allylic oxidation sites excluding steroid dienone is 1. The summed E-state index contributed by atoms with van der Waals surface area (Å²) in [7, 11) is 0. The van der Waals surface area contributed by atoms with Crippen LogP contribution in [0.2, 0.25) is 5.02 Å². The maximum atomic E-state index is 12.6. The maximum Gasteiger partial charge on any atom is 0.234 e. The Morgan fingerprint density at radius 2 is 2.06 bits per heavy atom. The van der Waals surface area contributed by atoms with Crippen LogP contribution >= 0.6 is 39.3 Å². The standard InChI is InChI=1S/C23H23BrClN5O3S/c1-2-7-30-22(17-12-15(24)3-6-20(17)31)27-28-23(30)34-14-21(32)26-16-4-5-19(18(25)13-16)29-8-10-33-11-9-29/h2-6,12-13,31H,1,7-11,14H2,(H,26,32). The molecule has 0 aliphatic carbocycles. The van der Waals surface area contributed by atoms with E-state index in [2.05, 4.69) is 42.9 Å². The van der Waals surface area contributed by atoms with E-state index in [0.717, 1.165) is 23.2 Å². The van der Waals surface area contributed by atoms with Gasteiger partial charge in [0.15, 0.2) is 11.0 Å². The second-order valence-corrected chi connectivity index (χ2v) is 9.73. The molecule has 11 heteroatoms. The van der Waals surface area contributed by atoms with Gasteiger partial charge < -0.3 is 20.1 Å². The molecule has 0 radical (unpaired) electrons. The van der Waals surface area contributed by atoms with Crippen LogP contribution < -0.4 is 10.2 Å². The van der Waals surface area contributed by atoms with E-state index in [1.54, 1.807) is 34.9 Å². The molecule has 1 aromatic heterocycles. The lowest BCUT2D eigenvalue weighted by Gasteiger charge is -2.29. The summed E-state index contributed by atoms with van der Waals surface area (Å²) in [6, 6.07) is 10.6. The number of carbonyl (C=O) groups is 1. The van der Waals surface area contributed by atoms with E-state index in [-0.39, 0.29) is 17.4 Å². The van der Waals surface area contributed by atoms with Gasteiger partial charge in [0.2, 0.25) is 5.91 Å². The molecule has 1 aliphatic heterocycles. The molecule has 0 unspecified atom stereocenters. The fourth-order valence-electron chi connectivity index (χ4n) is 3.55. The summed E-state index contributed by atoms with van der Waals surface area (Å²) in [5.74, 6) is 0.516. The van der Waals surface area contributed by atoms with Crippen molar-refractivity contribution in [1.29, 1.82) is 0 Å². The minimum atomic E-state index is -0.194. The number of anilines is 2. The van der Waals surface area contributed by atoms with Crippen molar-refractivity contribution in [2.75, 3.05) is 42.3 Å². The number of phenolic OH excluding ortho intramolecular Hbond substituents is 1. The van der Waals surface area contributed by atoms with Crippen LogP contribution in [0.15, 0.2) is 58.7 Å². The lowest BCUT2D eigenvalue weighted by Crippen LogP contribution is -2.36. The molecular formula is C23H23BrClN5O3S. The molecule has 2 aromatic carbocycles. The van der Waals surface area contributed by atoms with E-state index < -0.39 is 0 Å². The third-order valence-electron chi connectivity index (χ3n) is 5.14. The number of amides is 1. The van der Waals surface area contributed by atoms with Crippen LogP contribution in [-0.4, -0.2) is 57.8 Å². The largest absolute Gasteiger partial charge is 0.507 e. The zero-order valence-corrected chi connectivity index (χ0v) is 21.4. The normalized spacial score (nSPS) is 13.6. The van der Waals surface area contributed by atoms with Gasteiger partial charge in [-0.15, -0.1) is 16.8 Å². The number of phenols is 1. The quantitative estimate of drug-likeness (QED) is 0.299. The van der Waals surface area contributed by atoms with Crippen LogP contribution in [0.1, 0.15) is 0 Å². The summed E-state index contributed by atoms with van der Waals surface area (Å²) >= 11 is 11.1. The van der Waals surface area contributed by atoms with Crippen LogP contribution in [0.5, 0.6) is 5.75 Å². The highest BCUT2D eigenvalue weighted by atomic mass is 79.9. The number of halogens is 2. The first-order chi connectivity index (χ1) is 16.5. The Morgan fingerprint density at radius 3 is 2.79 bits per heavy atom. The number of aromatic hydroxyl groups is 1. The summed E-state index contributed by atoms with van der Waals surface area (Å²) in [6.07, 6.45) is 1.71. The van der Waals surface area contributed by atoms with E-state index in [1.165, 1.54) is 11.8 Å². The average Bonchev–Trinajstić information content (AvgIpc) is 3.22. The zero-order chi connectivity index (χ0) is 24.1. The molecule has 1 amide bonds. The minimum Gasteiger partial charge on any atom is -0.507 e. The number of aromatic nitrogens is 3. The van der Waals surface area contributed by atoms with Gasteiger partial charge in [-0.05, 0) is 36.4 Å². The maximum absolute atomic E-state index is 12.6. The first-order valence-corrected chi connectivity index (χ1v) is 12.7. The molecule has 2 heterocycles. The molecule has 1 saturated heterocycles. The Morgan fingerprint density at radius 1 is 1.26 bits per heavy atom. The van der Waals surface area contributed by atoms with Gasteiger partial charge in [0, 0.05) is 29.8 Å². The van der Waals surface area contributed by atoms with E-state index in [4.69, 9.17) is 16.3 Å². The molecule has 1 aliphatic rings. The highest BCUT2D eigenvalue weighted by Gasteiger charge is 2.18. The van der Waals surface area contributed by atoms with Crippen molar-refractivity contribution in [3.8, 4) is 17.1 Å². The van der Waals surface area contributed by atoms with Gasteiger partial charge >= 0.3 is 0 Å². The van der Waals surface area contributed by atoms with Crippen LogP contribution in [0.3, 0.4) is 0 Å². The van der Waals surface area contributed by atoms with Gasteiger partial charge in [0.05, 0.1) is 35.2 Å². The summed E-state index contributed by atoms with van der Waals surface area (Å²) in [5.41, 5.74) is 2.09. The lowest BCUT2D eigenvalue weighted by atomic mass is 10.2. The first kappa shape index (κ1) is 24.6. The number of thioether (sulfide) groups is 1. The predicted molar refractivity (Wildman–Crippen MR) is 139 cm³/mol. The molecule has 2 N–H and O–H groups in total. The van der Waals surface area contributed by atoms with E-state index in [1.807, 2.05) is 12.1 Å². The Bertz CT molecular complexity index is 1200.